The molecule has 3 aromatic rings. The normalized spacial score (nSPS) is 15.9. The van der Waals surface area contributed by atoms with Gasteiger partial charge in [0.15, 0.2) is 23.1 Å². The Morgan fingerprint density at radius 2 is 1.90 bits per heavy atom. The van der Waals surface area contributed by atoms with Gasteiger partial charge in [-0.2, -0.15) is 0 Å². The van der Waals surface area contributed by atoms with Crippen molar-refractivity contribution < 1.29 is 9.47 Å². The number of nitrogens with one attached hydrogen (secondary N) is 1. The molecule has 0 atom stereocenters. The maximum atomic E-state index is 6.38. The fourth-order valence-corrected chi connectivity index (χ4v) is 3.73. The molecule has 154 valence electrons. The molecule has 4 heterocycles. The van der Waals surface area contributed by atoms with Gasteiger partial charge < -0.3 is 25.4 Å². The summed E-state index contributed by atoms with van der Waals surface area (Å²) in [4.78, 5) is 17.5. The summed E-state index contributed by atoms with van der Waals surface area (Å²) in [6, 6.07) is 9.92. The molecule has 1 saturated heterocycles. The molecule has 0 unspecified atom stereocenters. The molecule has 3 N–H and O–H groups in total. The summed E-state index contributed by atoms with van der Waals surface area (Å²) in [5.41, 5.74) is 8.99. The minimum absolute atomic E-state index is 0.301. The first-order chi connectivity index (χ1) is 14.8. The van der Waals surface area contributed by atoms with Crippen LogP contribution in [0.25, 0.3) is 0 Å². The summed E-state index contributed by atoms with van der Waals surface area (Å²) in [5, 5.41) is 3.22. The number of benzene rings is 1. The minimum Gasteiger partial charge on any atom is -0.454 e. The molecule has 0 spiro atoms. The fraction of sp³-hybridized carbons (Fsp3) is 0.286. The van der Waals surface area contributed by atoms with E-state index in [1.807, 2.05) is 18.2 Å². The van der Waals surface area contributed by atoms with Crippen LogP contribution in [-0.4, -0.2) is 52.8 Å². The lowest BCUT2D eigenvalue weighted by atomic mass is 10.1. The molecule has 2 aliphatic heterocycles. The van der Waals surface area contributed by atoms with Gasteiger partial charge >= 0.3 is 0 Å². The second kappa shape index (κ2) is 8.03. The zero-order valence-corrected chi connectivity index (χ0v) is 16.5. The zero-order chi connectivity index (χ0) is 20.3. The van der Waals surface area contributed by atoms with E-state index < -0.39 is 0 Å². The molecule has 9 nitrogen and oxygen atoms in total. The van der Waals surface area contributed by atoms with Crippen molar-refractivity contribution in [2.45, 2.75) is 6.54 Å². The van der Waals surface area contributed by atoms with Crippen molar-refractivity contribution in [1.29, 1.82) is 0 Å². The van der Waals surface area contributed by atoms with Crippen molar-refractivity contribution in [1.82, 2.24) is 19.9 Å². The molecule has 0 radical (unpaired) electrons. The molecule has 0 amide bonds. The van der Waals surface area contributed by atoms with E-state index in [1.165, 1.54) is 5.56 Å². The molecular formula is C21H23N7O2. The van der Waals surface area contributed by atoms with Crippen LogP contribution in [0.15, 0.2) is 49.1 Å². The van der Waals surface area contributed by atoms with E-state index in [9.17, 15) is 0 Å². The van der Waals surface area contributed by atoms with Crippen molar-refractivity contribution in [3.63, 3.8) is 0 Å². The zero-order valence-electron chi connectivity index (χ0n) is 16.5. The van der Waals surface area contributed by atoms with E-state index in [0.29, 0.717) is 18.3 Å². The van der Waals surface area contributed by atoms with E-state index in [0.717, 1.165) is 55.7 Å². The van der Waals surface area contributed by atoms with Gasteiger partial charge in [0.2, 0.25) is 6.79 Å². The third kappa shape index (κ3) is 3.79. The fourth-order valence-electron chi connectivity index (χ4n) is 3.73. The van der Waals surface area contributed by atoms with Crippen LogP contribution in [0.1, 0.15) is 5.56 Å². The lowest BCUT2D eigenvalue weighted by molar-refractivity contribution is 0.174. The monoisotopic (exact) mass is 405 g/mol. The van der Waals surface area contributed by atoms with Crippen LogP contribution in [0.3, 0.4) is 0 Å². The smallest absolute Gasteiger partial charge is 0.231 e. The Bertz CT molecular complexity index is 1020. The number of nitrogens with two attached hydrogens (primary N) is 1. The van der Waals surface area contributed by atoms with E-state index >= 15 is 0 Å². The molecule has 2 aromatic heterocycles. The second-order valence-electron chi connectivity index (χ2n) is 7.28. The van der Waals surface area contributed by atoms with E-state index in [-0.39, 0.29) is 0 Å². The van der Waals surface area contributed by atoms with Crippen molar-refractivity contribution in [2.24, 2.45) is 0 Å². The number of piperazine rings is 1. The quantitative estimate of drug-likeness (QED) is 0.662. The number of pyridine rings is 1. The van der Waals surface area contributed by atoms with Crippen molar-refractivity contribution >= 4 is 23.0 Å². The van der Waals surface area contributed by atoms with Crippen molar-refractivity contribution in [2.75, 3.05) is 48.9 Å². The number of nitrogen functional groups attached to an aromatic ring is 1. The number of hydrogen-bond acceptors (Lipinski definition) is 9. The number of aromatic nitrogens is 3. The van der Waals surface area contributed by atoms with Gasteiger partial charge in [-0.15, -0.1) is 0 Å². The number of rotatable bonds is 5. The standard InChI is InChI=1S/C21H23N7O2/c22-19-20(26-16-2-1-5-23-11-16)24-13-25-21(19)28-8-6-27(7-9-28)12-15-3-4-17-18(10-15)30-14-29-17/h1-5,10-11,13H,6-9,12,14,22H2,(H,24,25,26). The Morgan fingerprint density at radius 1 is 1.03 bits per heavy atom. The van der Waals surface area contributed by atoms with Crippen LogP contribution < -0.4 is 25.4 Å². The highest BCUT2D eigenvalue weighted by Gasteiger charge is 2.22. The molecule has 1 aromatic carbocycles. The maximum absolute atomic E-state index is 6.38. The van der Waals surface area contributed by atoms with Gasteiger partial charge in [0.25, 0.3) is 0 Å². The minimum atomic E-state index is 0.301. The molecule has 0 bridgehead atoms. The topological polar surface area (TPSA) is 102 Å². The molecule has 1 fully saturated rings. The first kappa shape index (κ1) is 18.4. The average molecular weight is 405 g/mol. The maximum Gasteiger partial charge on any atom is 0.231 e. The molecule has 9 heteroatoms. The Balaban J connectivity index is 1.23. The van der Waals surface area contributed by atoms with Gasteiger partial charge in [0, 0.05) is 38.9 Å². The van der Waals surface area contributed by atoms with Crippen molar-refractivity contribution in [3.8, 4) is 11.5 Å². The predicted molar refractivity (Wildman–Crippen MR) is 114 cm³/mol. The molecular weight excluding hydrogens is 382 g/mol. The number of nitrogens with zero attached hydrogens (tertiary/aromatic N) is 5. The highest BCUT2D eigenvalue weighted by molar-refractivity contribution is 5.78. The molecule has 0 saturated carbocycles. The van der Waals surface area contributed by atoms with Gasteiger partial charge in [-0.05, 0) is 29.8 Å². The Kier molecular flexibility index (Phi) is 4.94. The Labute approximate surface area is 174 Å². The summed E-state index contributed by atoms with van der Waals surface area (Å²) in [6.45, 7) is 4.70. The number of fused-ring (bicyclic) bond motifs is 1. The molecule has 0 aliphatic carbocycles. The predicted octanol–water partition coefficient (Wildman–Crippen LogP) is 2.25. The summed E-state index contributed by atoms with van der Waals surface area (Å²) in [6.07, 6.45) is 5.00. The number of hydrogen-bond donors (Lipinski definition) is 2. The average Bonchev–Trinajstić information content (AvgIpc) is 3.25. The van der Waals surface area contributed by atoms with Crippen LogP contribution in [0.5, 0.6) is 11.5 Å². The lowest BCUT2D eigenvalue weighted by Gasteiger charge is -2.36. The summed E-state index contributed by atoms with van der Waals surface area (Å²) in [7, 11) is 0. The van der Waals surface area contributed by atoms with Gasteiger partial charge in [0.05, 0.1) is 11.9 Å². The first-order valence-corrected chi connectivity index (χ1v) is 9.89. The molecule has 30 heavy (non-hydrogen) atoms. The van der Waals surface area contributed by atoms with Gasteiger partial charge in [-0.3, -0.25) is 9.88 Å². The molecule has 5 rings (SSSR count). The van der Waals surface area contributed by atoms with Crippen LogP contribution in [-0.2, 0) is 6.54 Å². The van der Waals surface area contributed by atoms with E-state index in [1.54, 1.807) is 18.7 Å². The lowest BCUT2D eigenvalue weighted by Crippen LogP contribution is -2.46. The Hall–Kier alpha value is -3.59. The van der Waals surface area contributed by atoms with Gasteiger partial charge in [-0.25, -0.2) is 9.97 Å². The highest BCUT2D eigenvalue weighted by atomic mass is 16.7. The van der Waals surface area contributed by atoms with Crippen LogP contribution in [0.2, 0.25) is 0 Å². The third-order valence-electron chi connectivity index (χ3n) is 5.30. The van der Waals surface area contributed by atoms with E-state index in [4.69, 9.17) is 15.2 Å². The van der Waals surface area contributed by atoms with Crippen molar-refractivity contribution in [3.05, 3.63) is 54.6 Å². The Morgan fingerprint density at radius 3 is 2.73 bits per heavy atom. The first-order valence-electron chi connectivity index (χ1n) is 9.89. The van der Waals surface area contributed by atoms with Crippen LogP contribution in [0.4, 0.5) is 23.0 Å². The summed E-state index contributed by atoms with van der Waals surface area (Å²) >= 11 is 0. The number of ether oxygens (including phenoxy) is 2. The van der Waals surface area contributed by atoms with Gasteiger partial charge in [-0.1, -0.05) is 6.07 Å². The van der Waals surface area contributed by atoms with Crippen LogP contribution >= 0.6 is 0 Å². The largest absolute Gasteiger partial charge is 0.454 e. The summed E-state index contributed by atoms with van der Waals surface area (Å²) in [5.74, 6) is 3.00. The second-order valence-corrected chi connectivity index (χ2v) is 7.28. The number of anilines is 4. The summed E-state index contributed by atoms with van der Waals surface area (Å²) < 4.78 is 10.9. The highest BCUT2D eigenvalue weighted by Crippen LogP contribution is 2.33. The van der Waals surface area contributed by atoms with Gasteiger partial charge in [0.1, 0.15) is 12.0 Å². The SMILES string of the molecule is Nc1c(Nc2cccnc2)ncnc1N1CCN(Cc2ccc3c(c2)OCO3)CC1. The van der Waals surface area contributed by atoms with Crippen LogP contribution in [0, 0.1) is 0 Å². The van der Waals surface area contributed by atoms with E-state index in [2.05, 4.69) is 42.2 Å². The molecule has 2 aliphatic rings. The third-order valence-corrected chi connectivity index (χ3v) is 5.30.